The summed E-state index contributed by atoms with van der Waals surface area (Å²) >= 11 is 0. The van der Waals surface area contributed by atoms with E-state index in [-0.39, 0.29) is 6.61 Å². The number of hydrogen-bond acceptors (Lipinski definition) is 7. The van der Waals surface area contributed by atoms with Crippen molar-refractivity contribution >= 4 is 22.6 Å². The first kappa shape index (κ1) is 18.6. The van der Waals surface area contributed by atoms with Crippen LogP contribution in [0, 0.1) is 17.2 Å². The summed E-state index contributed by atoms with van der Waals surface area (Å²) in [5, 5.41) is 18.4. The van der Waals surface area contributed by atoms with Gasteiger partial charge in [-0.15, -0.1) is 0 Å². The summed E-state index contributed by atoms with van der Waals surface area (Å²) in [6.45, 7) is 3.01. The number of carbonyl (C=O) groups excluding carboxylic acids is 1. The van der Waals surface area contributed by atoms with E-state index < -0.39 is 17.8 Å². The van der Waals surface area contributed by atoms with Crippen molar-refractivity contribution in [1.29, 1.82) is 5.26 Å². The molecule has 0 spiro atoms. The number of nitrogens with zero attached hydrogens (tertiary/aromatic N) is 3. The van der Waals surface area contributed by atoms with Crippen LogP contribution in [-0.4, -0.2) is 41.7 Å². The number of aromatic nitrogens is 2. The lowest BCUT2D eigenvalue weighted by Gasteiger charge is -2.26. The number of ether oxygens (including phenoxy) is 3. The molecule has 0 fully saturated rings. The molecule has 158 valence electrons. The maximum Gasteiger partial charge on any atom is 0.337 e. The van der Waals surface area contributed by atoms with E-state index >= 15 is 0 Å². The fourth-order valence-corrected chi connectivity index (χ4v) is 4.66. The van der Waals surface area contributed by atoms with E-state index in [1.807, 2.05) is 43.3 Å². The third-order valence-corrected chi connectivity index (χ3v) is 6.18. The molecule has 1 N–H and O–H groups in total. The number of esters is 1. The Kier molecular flexibility index (Phi) is 4.05. The van der Waals surface area contributed by atoms with Crippen LogP contribution in [0.15, 0.2) is 52.7 Å². The third kappa shape index (κ3) is 2.71. The van der Waals surface area contributed by atoms with Crippen molar-refractivity contribution in [3.8, 4) is 28.8 Å². The minimum absolute atomic E-state index is 0.149. The quantitative estimate of drug-likeness (QED) is 0.628. The van der Waals surface area contributed by atoms with Crippen molar-refractivity contribution in [2.75, 3.05) is 19.8 Å². The first-order valence-electron chi connectivity index (χ1n) is 10.4. The standard InChI is InChI=1S/C24H18N4O4/c1-12-16(10-25)21(22-18(26-12)11-32-24(22)29)13-2-4-17-15(8-13)23(28-27-17)14-3-5-19-20(9-14)31-7-6-30-19/h2-5,8-9,16,21H,6-7,11H2,1H3,(H,27,28). The van der Waals surface area contributed by atoms with Gasteiger partial charge in [0.05, 0.1) is 28.8 Å². The molecule has 0 aliphatic carbocycles. The molecule has 0 amide bonds. The molecule has 2 aromatic carbocycles. The first-order chi connectivity index (χ1) is 15.6. The van der Waals surface area contributed by atoms with Gasteiger partial charge in [0.2, 0.25) is 0 Å². The Bertz CT molecular complexity index is 1390. The smallest absolute Gasteiger partial charge is 0.337 e. The Hall–Kier alpha value is -4.12. The van der Waals surface area contributed by atoms with Crippen molar-refractivity contribution in [3.63, 3.8) is 0 Å². The van der Waals surface area contributed by atoms with Crippen LogP contribution in [-0.2, 0) is 9.53 Å². The van der Waals surface area contributed by atoms with E-state index in [0.717, 1.165) is 27.7 Å². The second-order valence-electron chi connectivity index (χ2n) is 8.01. The molecule has 2 unspecified atom stereocenters. The molecule has 0 saturated carbocycles. The van der Waals surface area contributed by atoms with Gasteiger partial charge in [0.15, 0.2) is 11.5 Å². The number of cyclic esters (lactones) is 1. The van der Waals surface area contributed by atoms with Crippen LogP contribution < -0.4 is 9.47 Å². The van der Waals surface area contributed by atoms with E-state index in [0.29, 0.717) is 41.7 Å². The first-order valence-corrected chi connectivity index (χ1v) is 10.4. The molecule has 6 rings (SSSR count). The second-order valence-corrected chi connectivity index (χ2v) is 8.01. The summed E-state index contributed by atoms with van der Waals surface area (Å²) in [7, 11) is 0. The molecule has 0 saturated heterocycles. The summed E-state index contributed by atoms with van der Waals surface area (Å²) in [4.78, 5) is 17.0. The van der Waals surface area contributed by atoms with Crippen molar-refractivity contribution < 1.29 is 19.0 Å². The van der Waals surface area contributed by atoms with Crippen molar-refractivity contribution in [2.45, 2.75) is 12.8 Å². The molecule has 0 radical (unpaired) electrons. The minimum Gasteiger partial charge on any atom is -0.486 e. The molecular formula is C24H18N4O4. The summed E-state index contributed by atoms with van der Waals surface area (Å²) in [5.41, 5.74) is 5.14. The van der Waals surface area contributed by atoms with Gasteiger partial charge < -0.3 is 14.2 Å². The molecule has 8 heteroatoms. The monoisotopic (exact) mass is 426 g/mol. The Morgan fingerprint density at radius 3 is 2.78 bits per heavy atom. The van der Waals surface area contributed by atoms with Crippen LogP contribution >= 0.6 is 0 Å². The van der Waals surface area contributed by atoms with Crippen molar-refractivity contribution in [2.24, 2.45) is 10.9 Å². The molecule has 0 bridgehead atoms. The Morgan fingerprint density at radius 2 is 1.94 bits per heavy atom. The van der Waals surface area contributed by atoms with Crippen molar-refractivity contribution in [1.82, 2.24) is 10.2 Å². The molecule has 2 atom stereocenters. The van der Waals surface area contributed by atoms with E-state index in [4.69, 9.17) is 14.2 Å². The average molecular weight is 426 g/mol. The predicted molar refractivity (Wildman–Crippen MR) is 115 cm³/mol. The Morgan fingerprint density at radius 1 is 1.09 bits per heavy atom. The van der Waals surface area contributed by atoms with E-state index in [1.165, 1.54) is 0 Å². The predicted octanol–water partition coefficient (Wildman–Crippen LogP) is 3.51. The molecule has 3 aromatic rings. The zero-order valence-corrected chi connectivity index (χ0v) is 17.2. The Balaban J connectivity index is 1.49. The Labute approximate surface area is 183 Å². The van der Waals surface area contributed by atoms with Crippen LogP contribution in [0.1, 0.15) is 18.4 Å². The number of aromatic amines is 1. The van der Waals surface area contributed by atoms with Crippen LogP contribution in [0.4, 0.5) is 0 Å². The van der Waals surface area contributed by atoms with Crippen LogP contribution in [0.5, 0.6) is 11.5 Å². The van der Waals surface area contributed by atoms with Gasteiger partial charge in [-0.2, -0.15) is 10.4 Å². The lowest BCUT2D eigenvalue weighted by atomic mass is 9.76. The maximum absolute atomic E-state index is 12.5. The normalized spacial score (nSPS) is 21.8. The molecular weight excluding hydrogens is 408 g/mol. The van der Waals surface area contributed by atoms with Gasteiger partial charge in [-0.25, -0.2) is 4.79 Å². The zero-order valence-electron chi connectivity index (χ0n) is 17.2. The number of H-pyrrole nitrogens is 1. The third-order valence-electron chi connectivity index (χ3n) is 6.18. The highest BCUT2D eigenvalue weighted by molar-refractivity contribution is 6.01. The number of aliphatic imine (C=N–C) groups is 1. The van der Waals surface area contributed by atoms with Crippen LogP contribution in [0.25, 0.3) is 22.2 Å². The fraction of sp³-hybridized carbons (Fsp3) is 0.250. The van der Waals surface area contributed by atoms with Gasteiger partial charge in [0, 0.05) is 22.6 Å². The molecule has 4 heterocycles. The van der Waals surface area contributed by atoms with Gasteiger partial charge in [-0.05, 0) is 42.8 Å². The lowest BCUT2D eigenvalue weighted by molar-refractivity contribution is -0.136. The maximum atomic E-state index is 12.5. The van der Waals surface area contributed by atoms with E-state index in [9.17, 15) is 10.1 Å². The largest absolute Gasteiger partial charge is 0.486 e. The number of nitrogens with one attached hydrogen (secondary N) is 1. The summed E-state index contributed by atoms with van der Waals surface area (Å²) < 4.78 is 16.6. The zero-order chi connectivity index (χ0) is 21.8. The summed E-state index contributed by atoms with van der Waals surface area (Å²) in [6.07, 6.45) is 0. The van der Waals surface area contributed by atoms with Gasteiger partial charge in [0.1, 0.15) is 25.5 Å². The van der Waals surface area contributed by atoms with Crippen LogP contribution in [0.2, 0.25) is 0 Å². The van der Waals surface area contributed by atoms with E-state index in [1.54, 1.807) is 0 Å². The molecule has 32 heavy (non-hydrogen) atoms. The molecule has 8 nitrogen and oxygen atoms in total. The molecule has 3 aliphatic rings. The van der Waals surface area contributed by atoms with Gasteiger partial charge in [-0.3, -0.25) is 10.1 Å². The number of carbonyl (C=O) groups is 1. The SMILES string of the molecule is CC1=NC2=C(C(=O)OC2)C(c2ccc3[nH]nc(-c4ccc5c(c4)OCCO5)c3c2)C1C#N. The highest BCUT2D eigenvalue weighted by Gasteiger charge is 2.42. The fourth-order valence-electron chi connectivity index (χ4n) is 4.66. The number of rotatable bonds is 2. The summed E-state index contributed by atoms with van der Waals surface area (Å²) in [6, 6.07) is 13.9. The minimum atomic E-state index is -0.540. The van der Waals surface area contributed by atoms with Gasteiger partial charge in [0.25, 0.3) is 0 Å². The highest BCUT2D eigenvalue weighted by Crippen LogP contribution is 2.43. The van der Waals surface area contributed by atoms with Gasteiger partial charge in [-0.1, -0.05) is 6.07 Å². The second kappa shape index (κ2) is 6.95. The number of fused-ring (bicyclic) bond motifs is 2. The number of benzene rings is 2. The average Bonchev–Trinajstić information content (AvgIpc) is 3.40. The number of nitriles is 1. The summed E-state index contributed by atoms with van der Waals surface area (Å²) in [5.74, 6) is 0.0269. The van der Waals surface area contributed by atoms with Crippen molar-refractivity contribution in [3.05, 3.63) is 53.2 Å². The van der Waals surface area contributed by atoms with E-state index in [2.05, 4.69) is 21.3 Å². The number of hydrogen-bond donors (Lipinski definition) is 1. The molecule has 1 aromatic heterocycles. The lowest BCUT2D eigenvalue weighted by Crippen LogP contribution is -2.26. The van der Waals surface area contributed by atoms with Crippen LogP contribution in [0.3, 0.4) is 0 Å². The molecule has 3 aliphatic heterocycles. The van der Waals surface area contributed by atoms with Gasteiger partial charge >= 0.3 is 5.97 Å². The topological polar surface area (TPSA) is 110 Å². The highest BCUT2D eigenvalue weighted by atomic mass is 16.6.